The van der Waals surface area contributed by atoms with E-state index in [2.05, 4.69) is 29.7 Å². The summed E-state index contributed by atoms with van der Waals surface area (Å²) in [5, 5.41) is 2.78. The standard InChI is InChI=1S/C16H22N2OS/c1-17-15-9-6-5-8-14(15)11-12-18-16(19)10-4-2-3-7-13-20/h5-6,8-9,11-12,20H,1-4,7,10,13H2,(H,18,19)/b12-11+. The van der Waals surface area contributed by atoms with Gasteiger partial charge in [0, 0.05) is 18.2 Å². The maximum Gasteiger partial charge on any atom is 0.223 e. The number of carbonyl (C=O) groups is 1. The molecule has 0 aliphatic carbocycles. The highest BCUT2D eigenvalue weighted by Crippen LogP contribution is 2.18. The van der Waals surface area contributed by atoms with Crippen LogP contribution in [-0.4, -0.2) is 18.4 Å². The number of para-hydroxylation sites is 1. The van der Waals surface area contributed by atoms with Crippen molar-refractivity contribution in [3.05, 3.63) is 36.0 Å². The summed E-state index contributed by atoms with van der Waals surface area (Å²) in [7, 11) is 0. The van der Waals surface area contributed by atoms with Crippen LogP contribution in [0.25, 0.3) is 6.08 Å². The molecular weight excluding hydrogens is 268 g/mol. The van der Waals surface area contributed by atoms with Gasteiger partial charge in [0.1, 0.15) is 0 Å². The fourth-order valence-electron chi connectivity index (χ4n) is 1.82. The number of nitrogens with zero attached hydrogens (tertiary/aromatic N) is 1. The van der Waals surface area contributed by atoms with Gasteiger partial charge in [-0.05, 0) is 37.5 Å². The van der Waals surface area contributed by atoms with Crippen LogP contribution in [0.5, 0.6) is 0 Å². The summed E-state index contributed by atoms with van der Waals surface area (Å²) < 4.78 is 0. The smallest absolute Gasteiger partial charge is 0.223 e. The van der Waals surface area contributed by atoms with Gasteiger partial charge in [0.15, 0.2) is 0 Å². The summed E-state index contributed by atoms with van der Waals surface area (Å²) in [5.74, 6) is 0.974. The Bertz CT molecular complexity index is 458. The van der Waals surface area contributed by atoms with Crippen LogP contribution in [0.3, 0.4) is 0 Å². The summed E-state index contributed by atoms with van der Waals surface area (Å²) >= 11 is 4.16. The minimum atomic E-state index is 0.0520. The van der Waals surface area contributed by atoms with Crippen molar-refractivity contribution < 1.29 is 4.79 Å². The molecule has 0 bridgehead atoms. The zero-order chi connectivity index (χ0) is 14.6. The van der Waals surface area contributed by atoms with Crippen molar-refractivity contribution in [1.29, 1.82) is 0 Å². The van der Waals surface area contributed by atoms with Gasteiger partial charge in [-0.15, -0.1) is 0 Å². The first kappa shape index (κ1) is 16.5. The van der Waals surface area contributed by atoms with Crippen molar-refractivity contribution in [2.75, 3.05) is 5.75 Å². The van der Waals surface area contributed by atoms with Gasteiger partial charge in [-0.1, -0.05) is 31.0 Å². The summed E-state index contributed by atoms with van der Waals surface area (Å²) in [4.78, 5) is 15.5. The number of benzene rings is 1. The number of hydrogen-bond donors (Lipinski definition) is 2. The summed E-state index contributed by atoms with van der Waals surface area (Å²) in [6, 6.07) is 7.66. The van der Waals surface area contributed by atoms with E-state index in [1.165, 1.54) is 0 Å². The van der Waals surface area contributed by atoms with E-state index < -0.39 is 0 Å². The lowest BCUT2D eigenvalue weighted by atomic mass is 10.1. The van der Waals surface area contributed by atoms with Crippen molar-refractivity contribution in [3.8, 4) is 0 Å². The Labute approximate surface area is 126 Å². The highest BCUT2D eigenvalue weighted by molar-refractivity contribution is 7.80. The number of carbonyl (C=O) groups excluding carboxylic acids is 1. The largest absolute Gasteiger partial charge is 0.333 e. The number of unbranched alkanes of at least 4 members (excludes halogenated alkanes) is 3. The van der Waals surface area contributed by atoms with E-state index >= 15 is 0 Å². The SMILES string of the molecule is C=Nc1ccccc1/C=C/NC(=O)CCCCCCS. The highest BCUT2D eigenvalue weighted by Gasteiger charge is 1.99. The Morgan fingerprint density at radius 1 is 1.25 bits per heavy atom. The maximum atomic E-state index is 11.6. The summed E-state index contributed by atoms with van der Waals surface area (Å²) in [6.07, 6.45) is 8.35. The monoisotopic (exact) mass is 290 g/mol. The Kier molecular flexibility index (Phi) is 8.47. The Balaban J connectivity index is 2.29. The Morgan fingerprint density at radius 3 is 2.75 bits per heavy atom. The summed E-state index contributed by atoms with van der Waals surface area (Å²) in [5.41, 5.74) is 1.75. The van der Waals surface area contributed by atoms with Crippen molar-refractivity contribution >= 4 is 37.0 Å². The van der Waals surface area contributed by atoms with E-state index in [0.717, 1.165) is 42.7 Å². The van der Waals surface area contributed by atoms with E-state index in [0.29, 0.717) is 6.42 Å². The lowest BCUT2D eigenvalue weighted by Gasteiger charge is -2.01. The molecule has 1 N–H and O–H groups in total. The minimum Gasteiger partial charge on any atom is -0.333 e. The number of rotatable bonds is 9. The maximum absolute atomic E-state index is 11.6. The van der Waals surface area contributed by atoms with E-state index in [4.69, 9.17) is 0 Å². The first-order valence-corrected chi connectivity index (χ1v) is 7.53. The van der Waals surface area contributed by atoms with E-state index in [1.54, 1.807) is 6.20 Å². The van der Waals surface area contributed by atoms with Gasteiger partial charge < -0.3 is 5.32 Å². The van der Waals surface area contributed by atoms with Crippen LogP contribution in [0.15, 0.2) is 35.5 Å². The van der Waals surface area contributed by atoms with E-state index in [-0.39, 0.29) is 5.91 Å². The number of nitrogens with one attached hydrogen (secondary N) is 1. The number of thiol groups is 1. The fourth-order valence-corrected chi connectivity index (χ4v) is 2.04. The van der Waals surface area contributed by atoms with E-state index in [9.17, 15) is 4.79 Å². The quantitative estimate of drug-likeness (QED) is 0.403. The second kappa shape index (κ2) is 10.3. The van der Waals surface area contributed by atoms with Gasteiger partial charge in [-0.25, -0.2) is 0 Å². The molecule has 0 aliphatic heterocycles. The van der Waals surface area contributed by atoms with Crippen molar-refractivity contribution in [3.63, 3.8) is 0 Å². The van der Waals surface area contributed by atoms with Gasteiger partial charge in [-0.2, -0.15) is 12.6 Å². The zero-order valence-corrected chi connectivity index (χ0v) is 12.6. The van der Waals surface area contributed by atoms with Crippen LogP contribution >= 0.6 is 12.6 Å². The Hall–Kier alpha value is -1.55. The molecule has 1 aromatic carbocycles. The molecule has 1 aromatic rings. The molecule has 3 nitrogen and oxygen atoms in total. The summed E-state index contributed by atoms with van der Waals surface area (Å²) in [6.45, 7) is 3.52. The third kappa shape index (κ3) is 6.57. The van der Waals surface area contributed by atoms with Crippen molar-refractivity contribution in [2.24, 2.45) is 4.99 Å². The number of aliphatic imine (C=N–C) groups is 1. The zero-order valence-electron chi connectivity index (χ0n) is 11.7. The van der Waals surface area contributed by atoms with Crippen LogP contribution in [0.2, 0.25) is 0 Å². The topological polar surface area (TPSA) is 41.5 Å². The van der Waals surface area contributed by atoms with Gasteiger partial charge in [0.25, 0.3) is 0 Å². The minimum absolute atomic E-state index is 0.0520. The first-order chi connectivity index (χ1) is 9.77. The lowest BCUT2D eigenvalue weighted by Crippen LogP contribution is -2.16. The van der Waals surface area contributed by atoms with Crippen molar-refractivity contribution in [2.45, 2.75) is 32.1 Å². The molecule has 0 saturated heterocycles. The molecule has 0 atom stereocenters. The van der Waals surface area contributed by atoms with Gasteiger partial charge >= 0.3 is 0 Å². The third-order valence-electron chi connectivity index (χ3n) is 2.93. The predicted molar refractivity (Wildman–Crippen MR) is 89.8 cm³/mol. The molecule has 0 heterocycles. The van der Waals surface area contributed by atoms with Gasteiger partial charge in [0.05, 0.1) is 5.69 Å². The van der Waals surface area contributed by atoms with Crippen LogP contribution in [0.1, 0.15) is 37.7 Å². The van der Waals surface area contributed by atoms with Crippen LogP contribution < -0.4 is 5.32 Å². The Morgan fingerprint density at radius 2 is 2.00 bits per heavy atom. The average Bonchev–Trinajstić information content (AvgIpc) is 2.47. The molecule has 0 aliphatic rings. The normalized spacial score (nSPS) is 10.7. The molecule has 108 valence electrons. The molecular formula is C16H22N2OS. The molecule has 20 heavy (non-hydrogen) atoms. The van der Waals surface area contributed by atoms with Gasteiger partial charge in [-0.3, -0.25) is 9.79 Å². The third-order valence-corrected chi connectivity index (χ3v) is 3.24. The van der Waals surface area contributed by atoms with Crippen LogP contribution in [0.4, 0.5) is 5.69 Å². The number of hydrogen-bond acceptors (Lipinski definition) is 3. The second-order valence-corrected chi connectivity index (χ2v) is 4.95. The predicted octanol–water partition coefficient (Wildman–Crippen LogP) is 3.99. The second-order valence-electron chi connectivity index (χ2n) is 4.51. The lowest BCUT2D eigenvalue weighted by molar-refractivity contribution is -0.120. The molecule has 0 fully saturated rings. The number of amides is 1. The molecule has 1 rings (SSSR count). The molecule has 0 saturated carbocycles. The average molecular weight is 290 g/mol. The van der Waals surface area contributed by atoms with Crippen molar-refractivity contribution in [1.82, 2.24) is 5.32 Å². The molecule has 4 heteroatoms. The molecule has 0 unspecified atom stereocenters. The van der Waals surface area contributed by atoms with E-state index in [1.807, 2.05) is 30.3 Å². The molecule has 0 radical (unpaired) electrons. The van der Waals surface area contributed by atoms with Gasteiger partial charge in [0.2, 0.25) is 5.91 Å². The first-order valence-electron chi connectivity index (χ1n) is 6.90. The molecule has 0 aromatic heterocycles. The molecule has 1 amide bonds. The highest BCUT2D eigenvalue weighted by atomic mass is 32.1. The van der Waals surface area contributed by atoms with Crippen LogP contribution in [-0.2, 0) is 4.79 Å². The fraction of sp³-hybridized carbons (Fsp3) is 0.375. The molecule has 0 spiro atoms. The van der Waals surface area contributed by atoms with Crippen LogP contribution in [0, 0.1) is 0 Å².